The fourth-order valence-electron chi connectivity index (χ4n) is 4.43. The van der Waals surface area contributed by atoms with E-state index >= 15 is 0 Å². The number of likely N-dealkylation sites (tertiary alicyclic amines) is 1. The Kier molecular flexibility index (Phi) is 6.41. The summed E-state index contributed by atoms with van der Waals surface area (Å²) in [5.41, 5.74) is 3.42. The largest absolute Gasteiger partial charge is 0.507 e. The summed E-state index contributed by atoms with van der Waals surface area (Å²) < 4.78 is 11.3. The molecule has 6 nitrogen and oxygen atoms in total. The van der Waals surface area contributed by atoms with Crippen molar-refractivity contribution >= 4 is 17.4 Å². The molecule has 0 saturated carbocycles. The molecule has 1 N–H and O–H groups in total. The summed E-state index contributed by atoms with van der Waals surface area (Å²) in [5.74, 6) is -0.458. The van der Waals surface area contributed by atoms with Crippen LogP contribution in [0.25, 0.3) is 5.76 Å². The molecule has 1 aliphatic rings. The molecule has 1 atom stereocenters. The van der Waals surface area contributed by atoms with Crippen molar-refractivity contribution in [1.29, 1.82) is 0 Å². The zero-order chi connectivity index (χ0) is 25.1. The third-order valence-electron chi connectivity index (χ3n) is 6.18. The third kappa shape index (κ3) is 4.66. The molecule has 0 spiro atoms. The van der Waals surface area contributed by atoms with E-state index in [0.29, 0.717) is 23.7 Å². The highest BCUT2D eigenvalue weighted by Crippen LogP contribution is 2.40. The van der Waals surface area contributed by atoms with Crippen molar-refractivity contribution in [1.82, 2.24) is 4.90 Å². The summed E-state index contributed by atoms with van der Waals surface area (Å²) in [6.07, 6.45) is 1.52. The van der Waals surface area contributed by atoms with Crippen LogP contribution in [-0.4, -0.2) is 21.7 Å². The lowest BCUT2D eigenvalue weighted by molar-refractivity contribution is -0.140. The minimum Gasteiger partial charge on any atom is -0.507 e. The van der Waals surface area contributed by atoms with Crippen molar-refractivity contribution in [2.24, 2.45) is 0 Å². The quantitative estimate of drug-likeness (QED) is 0.206. The molecule has 1 aliphatic heterocycles. The third-order valence-corrected chi connectivity index (χ3v) is 6.18. The Labute approximate surface area is 209 Å². The number of furan rings is 1. The Morgan fingerprint density at radius 3 is 2.42 bits per heavy atom. The molecule has 0 aliphatic carbocycles. The van der Waals surface area contributed by atoms with E-state index in [1.54, 1.807) is 36.4 Å². The van der Waals surface area contributed by atoms with Gasteiger partial charge in [0, 0.05) is 5.56 Å². The van der Waals surface area contributed by atoms with Crippen LogP contribution in [0.5, 0.6) is 5.75 Å². The molecule has 1 unspecified atom stereocenters. The number of ether oxygens (including phenoxy) is 1. The highest BCUT2D eigenvalue weighted by Gasteiger charge is 2.46. The van der Waals surface area contributed by atoms with Gasteiger partial charge >= 0.3 is 0 Å². The minimum atomic E-state index is -0.742. The van der Waals surface area contributed by atoms with Crippen LogP contribution in [0.3, 0.4) is 0 Å². The zero-order valence-electron chi connectivity index (χ0n) is 19.8. The van der Waals surface area contributed by atoms with E-state index in [2.05, 4.69) is 6.07 Å². The van der Waals surface area contributed by atoms with Crippen molar-refractivity contribution in [2.75, 3.05) is 0 Å². The molecule has 36 heavy (non-hydrogen) atoms. The fourth-order valence-corrected chi connectivity index (χ4v) is 4.43. The Hall–Kier alpha value is -4.58. The Morgan fingerprint density at radius 1 is 0.944 bits per heavy atom. The van der Waals surface area contributed by atoms with Gasteiger partial charge in [0.05, 0.1) is 24.4 Å². The molecular weight excluding hydrogens is 454 g/mol. The normalized spacial score (nSPS) is 16.9. The number of benzene rings is 3. The maximum atomic E-state index is 13.1. The van der Waals surface area contributed by atoms with E-state index in [4.69, 9.17) is 9.15 Å². The van der Waals surface area contributed by atoms with Gasteiger partial charge in [-0.15, -0.1) is 0 Å². The van der Waals surface area contributed by atoms with E-state index in [0.717, 1.165) is 16.7 Å². The molecule has 5 rings (SSSR count). The maximum Gasteiger partial charge on any atom is 0.296 e. The van der Waals surface area contributed by atoms with Crippen LogP contribution in [0.15, 0.2) is 107 Å². The summed E-state index contributed by atoms with van der Waals surface area (Å²) in [6, 6.07) is 26.8. The van der Waals surface area contributed by atoms with Gasteiger partial charge in [0.2, 0.25) is 0 Å². The van der Waals surface area contributed by atoms with Gasteiger partial charge in [-0.2, -0.15) is 0 Å². The van der Waals surface area contributed by atoms with Gasteiger partial charge in [-0.1, -0.05) is 60.2 Å². The van der Waals surface area contributed by atoms with Gasteiger partial charge in [-0.25, -0.2) is 0 Å². The van der Waals surface area contributed by atoms with E-state index in [1.807, 2.05) is 55.5 Å². The molecule has 3 aromatic carbocycles. The molecule has 1 fully saturated rings. The number of aliphatic hydroxyl groups excluding tert-OH is 1. The lowest BCUT2D eigenvalue weighted by atomic mass is 9.95. The van der Waals surface area contributed by atoms with Gasteiger partial charge in [-0.3, -0.25) is 9.59 Å². The van der Waals surface area contributed by atoms with Gasteiger partial charge in [0.1, 0.15) is 23.9 Å². The lowest BCUT2D eigenvalue weighted by Gasteiger charge is -2.24. The predicted octanol–water partition coefficient (Wildman–Crippen LogP) is 5.79. The number of nitrogens with zero attached hydrogens (tertiary/aromatic N) is 1. The average Bonchev–Trinajstić information content (AvgIpc) is 3.50. The van der Waals surface area contributed by atoms with E-state index < -0.39 is 17.7 Å². The molecule has 4 aromatic rings. The van der Waals surface area contributed by atoms with E-state index in [9.17, 15) is 14.7 Å². The molecule has 1 saturated heterocycles. The number of Topliss-reactive ketones (excluding diaryl/α,β-unsaturated/α-hetero) is 1. The molecule has 2 heterocycles. The molecule has 6 heteroatoms. The number of carbonyl (C=O) groups is 2. The van der Waals surface area contributed by atoms with Crippen molar-refractivity contribution in [2.45, 2.75) is 26.1 Å². The van der Waals surface area contributed by atoms with Crippen LogP contribution < -0.4 is 4.74 Å². The van der Waals surface area contributed by atoms with Crippen molar-refractivity contribution in [3.8, 4) is 5.75 Å². The highest BCUT2D eigenvalue weighted by atomic mass is 16.5. The van der Waals surface area contributed by atoms with Crippen molar-refractivity contribution in [3.63, 3.8) is 0 Å². The summed E-state index contributed by atoms with van der Waals surface area (Å²) in [5, 5.41) is 11.2. The highest BCUT2D eigenvalue weighted by molar-refractivity contribution is 6.46. The summed E-state index contributed by atoms with van der Waals surface area (Å²) in [4.78, 5) is 27.6. The first-order chi connectivity index (χ1) is 17.5. The SMILES string of the molecule is Cc1cccc(COc2ccc(/C(O)=C3/C(=O)C(=O)N(Cc4ccco4)C3c3ccccc3)cc2)c1. The number of aryl methyl sites for hydroxylation is 1. The van der Waals surface area contributed by atoms with Crippen LogP contribution in [0, 0.1) is 6.92 Å². The van der Waals surface area contributed by atoms with Crippen LogP contribution in [-0.2, 0) is 22.7 Å². The number of ketones is 1. The molecule has 1 aromatic heterocycles. The first-order valence-corrected chi connectivity index (χ1v) is 11.7. The van der Waals surface area contributed by atoms with Crippen LogP contribution in [0.2, 0.25) is 0 Å². The predicted molar refractivity (Wildman–Crippen MR) is 135 cm³/mol. The van der Waals surface area contributed by atoms with Crippen molar-refractivity contribution < 1.29 is 23.8 Å². The van der Waals surface area contributed by atoms with E-state index in [-0.39, 0.29) is 17.9 Å². The van der Waals surface area contributed by atoms with Gasteiger partial charge < -0.3 is 19.2 Å². The average molecular weight is 480 g/mol. The molecule has 0 bridgehead atoms. The fraction of sp³-hybridized carbons (Fsp3) is 0.133. The maximum absolute atomic E-state index is 13.1. The van der Waals surface area contributed by atoms with E-state index in [1.165, 1.54) is 11.2 Å². The van der Waals surface area contributed by atoms with Gasteiger partial charge in [0.25, 0.3) is 11.7 Å². The van der Waals surface area contributed by atoms with Crippen LogP contribution in [0.4, 0.5) is 0 Å². The van der Waals surface area contributed by atoms with Gasteiger partial charge in [0.15, 0.2) is 0 Å². The summed E-state index contributed by atoms with van der Waals surface area (Å²) >= 11 is 0. The standard InChI is InChI=1S/C30H25NO5/c1-20-7-5-8-21(17-20)19-36-24-14-12-23(13-15-24)28(32)26-27(22-9-3-2-4-10-22)31(30(34)29(26)33)18-25-11-6-16-35-25/h2-17,27,32H,18-19H2,1H3/b28-26-. The molecule has 0 radical (unpaired) electrons. The lowest BCUT2D eigenvalue weighted by Crippen LogP contribution is -2.29. The van der Waals surface area contributed by atoms with Crippen molar-refractivity contribution in [3.05, 3.63) is 131 Å². The van der Waals surface area contributed by atoms with Crippen LogP contribution >= 0.6 is 0 Å². The number of carbonyl (C=O) groups excluding carboxylic acids is 2. The monoisotopic (exact) mass is 479 g/mol. The first kappa shape index (κ1) is 23.2. The topological polar surface area (TPSA) is 80.0 Å². The second kappa shape index (κ2) is 9.96. The molecular formula is C30H25NO5. The smallest absolute Gasteiger partial charge is 0.296 e. The van der Waals surface area contributed by atoms with Crippen LogP contribution in [0.1, 0.15) is 34.1 Å². The summed E-state index contributed by atoms with van der Waals surface area (Å²) in [6.45, 7) is 2.56. The Morgan fingerprint density at radius 2 is 1.72 bits per heavy atom. The van der Waals surface area contributed by atoms with Gasteiger partial charge in [-0.05, 0) is 54.4 Å². The number of rotatable bonds is 7. The second-order valence-electron chi connectivity index (χ2n) is 8.72. The number of amides is 1. The number of aliphatic hydroxyl groups is 1. The number of hydrogen-bond acceptors (Lipinski definition) is 5. The number of hydrogen-bond donors (Lipinski definition) is 1. The minimum absolute atomic E-state index is 0.0474. The zero-order valence-corrected chi connectivity index (χ0v) is 19.8. The molecule has 180 valence electrons. The summed E-state index contributed by atoms with van der Waals surface area (Å²) in [7, 11) is 0. The Balaban J connectivity index is 1.45. The Bertz CT molecular complexity index is 1410. The molecule has 1 amide bonds. The second-order valence-corrected chi connectivity index (χ2v) is 8.72. The first-order valence-electron chi connectivity index (χ1n) is 11.7.